The molecule has 0 bridgehead atoms. The summed E-state index contributed by atoms with van der Waals surface area (Å²) in [6.07, 6.45) is 10.4. The predicted molar refractivity (Wildman–Crippen MR) is 121 cm³/mol. The van der Waals surface area contributed by atoms with Gasteiger partial charge in [-0.05, 0) is 67.8 Å². The molecule has 31 heavy (non-hydrogen) atoms. The second-order valence-electron chi connectivity index (χ2n) is 11.7. The molecule has 1 aliphatic heterocycles. The van der Waals surface area contributed by atoms with Crippen molar-refractivity contribution in [2.24, 2.45) is 34.5 Å². The van der Waals surface area contributed by atoms with Crippen molar-refractivity contribution in [1.29, 1.82) is 0 Å². The Bertz CT molecular complexity index is 840. The molecule has 0 spiro atoms. The molecule has 1 heterocycles. The van der Waals surface area contributed by atoms with E-state index in [9.17, 15) is 15.3 Å². The summed E-state index contributed by atoms with van der Waals surface area (Å²) in [5.74, 6) is 2.86. The van der Waals surface area contributed by atoms with E-state index in [2.05, 4.69) is 39.8 Å². The van der Waals surface area contributed by atoms with Crippen molar-refractivity contribution >= 4 is 0 Å². The second kappa shape index (κ2) is 7.46. The van der Waals surface area contributed by atoms with Gasteiger partial charge in [0.25, 0.3) is 0 Å². The highest BCUT2D eigenvalue weighted by Gasteiger charge is 2.63. The first-order valence-corrected chi connectivity index (χ1v) is 12.4. The van der Waals surface area contributed by atoms with Gasteiger partial charge in [0.15, 0.2) is 0 Å². The molecule has 4 aliphatic carbocycles. The smallest absolute Gasteiger partial charge is 0.106 e. The van der Waals surface area contributed by atoms with Gasteiger partial charge in [-0.15, -0.1) is 0 Å². The van der Waals surface area contributed by atoms with Crippen molar-refractivity contribution < 1.29 is 20.1 Å². The molecule has 3 N–H and O–H groups in total. The van der Waals surface area contributed by atoms with Crippen molar-refractivity contribution in [2.75, 3.05) is 6.61 Å². The van der Waals surface area contributed by atoms with E-state index in [1.165, 1.54) is 28.9 Å². The number of ether oxygens (including phenoxy) is 1. The topological polar surface area (TPSA) is 69.9 Å². The van der Waals surface area contributed by atoms with Gasteiger partial charge in [-0.1, -0.05) is 44.1 Å². The summed E-state index contributed by atoms with van der Waals surface area (Å²) in [6, 6.07) is 0. The number of hydrogen-bond acceptors (Lipinski definition) is 4. The fourth-order valence-corrected chi connectivity index (χ4v) is 8.11. The van der Waals surface area contributed by atoms with Crippen molar-refractivity contribution in [3.05, 3.63) is 34.6 Å². The van der Waals surface area contributed by atoms with Gasteiger partial charge in [0.1, 0.15) is 6.10 Å². The molecule has 0 radical (unpaired) electrons. The first-order chi connectivity index (χ1) is 14.7. The summed E-state index contributed by atoms with van der Waals surface area (Å²) in [6.45, 7) is 9.35. The molecule has 3 saturated carbocycles. The number of aliphatic hydroxyl groups is 3. The fraction of sp³-hybridized carbons (Fsp3) is 0.778. The van der Waals surface area contributed by atoms with Gasteiger partial charge in [-0.3, -0.25) is 0 Å². The van der Waals surface area contributed by atoms with Crippen LogP contribution in [0.15, 0.2) is 34.6 Å². The zero-order valence-electron chi connectivity index (χ0n) is 19.6. The van der Waals surface area contributed by atoms with Crippen molar-refractivity contribution in [2.45, 2.75) is 91.0 Å². The molecule has 5 aliphatic rings. The fourth-order valence-electron chi connectivity index (χ4n) is 8.11. The first-order valence-electron chi connectivity index (χ1n) is 12.4. The zero-order valence-corrected chi connectivity index (χ0v) is 19.6. The minimum atomic E-state index is -0.473. The largest absolute Gasteiger partial charge is 0.494 e. The van der Waals surface area contributed by atoms with Gasteiger partial charge in [-0.25, -0.2) is 0 Å². The molecule has 4 heteroatoms. The zero-order chi connectivity index (χ0) is 22.1. The number of allylic oxidation sites excluding steroid dienone is 4. The van der Waals surface area contributed by atoms with Crippen molar-refractivity contribution in [1.82, 2.24) is 0 Å². The van der Waals surface area contributed by atoms with Crippen LogP contribution in [0.4, 0.5) is 0 Å². The Morgan fingerprint density at radius 1 is 1.16 bits per heavy atom. The van der Waals surface area contributed by atoms with E-state index in [1.54, 1.807) is 0 Å². The Morgan fingerprint density at radius 3 is 2.68 bits per heavy atom. The molecule has 5 rings (SSSR count). The van der Waals surface area contributed by atoms with Gasteiger partial charge in [0.05, 0.1) is 18.0 Å². The van der Waals surface area contributed by atoms with E-state index >= 15 is 0 Å². The molecule has 4 nitrogen and oxygen atoms in total. The molecule has 0 amide bonds. The highest BCUT2D eigenvalue weighted by molar-refractivity contribution is 5.41. The highest BCUT2D eigenvalue weighted by Crippen LogP contribution is 2.67. The van der Waals surface area contributed by atoms with Gasteiger partial charge < -0.3 is 20.1 Å². The summed E-state index contributed by atoms with van der Waals surface area (Å²) in [5.41, 5.74) is 4.18. The predicted octanol–water partition coefficient (Wildman–Crippen LogP) is 4.51. The normalized spacial score (nSPS) is 46.9. The Labute approximate surface area is 187 Å². The third-order valence-corrected chi connectivity index (χ3v) is 10.0. The van der Waals surface area contributed by atoms with Crippen LogP contribution in [0.2, 0.25) is 0 Å². The van der Waals surface area contributed by atoms with Crippen LogP contribution in [0.3, 0.4) is 0 Å². The van der Waals surface area contributed by atoms with Crippen LogP contribution in [0.5, 0.6) is 0 Å². The Balaban J connectivity index is 1.43. The molecular weight excluding hydrogens is 388 g/mol. The first kappa shape index (κ1) is 21.7. The second-order valence-corrected chi connectivity index (χ2v) is 11.7. The quantitative estimate of drug-likeness (QED) is 0.616. The van der Waals surface area contributed by atoms with Crippen LogP contribution in [0.1, 0.15) is 72.6 Å². The maximum absolute atomic E-state index is 11.1. The number of aliphatic hydroxyl groups excluding tert-OH is 3. The molecule has 9 atom stereocenters. The Morgan fingerprint density at radius 2 is 1.94 bits per heavy atom. The van der Waals surface area contributed by atoms with E-state index in [4.69, 9.17) is 4.74 Å². The van der Waals surface area contributed by atoms with Crippen LogP contribution in [0, 0.1) is 34.5 Å². The molecule has 0 aromatic carbocycles. The summed E-state index contributed by atoms with van der Waals surface area (Å²) in [5, 5.41) is 30.7. The summed E-state index contributed by atoms with van der Waals surface area (Å²) < 4.78 is 6.57. The lowest BCUT2D eigenvalue weighted by atomic mass is 9.49. The Hall–Kier alpha value is -1.10. The summed E-state index contributed by atoms with van der Waals surface area (Å²) >= 11 is 0. The molecule has 3 fully saturated rings. The number of hydrogen-bond donors (Lipinski definition) is 3. The van der Waals surface area contributed by atoms with Crippen LogP contribution >= 0.6 is 0 Å². The average molecular weight is 429 g/mol. The lowest BCUT2D eigenvalue weighted by Gasteiger charge is -2.56. The average Bonchev–Trinajstić information content (AvgIpc) is 3.20. The number of rotatable bonds is 4. The SMILES string of the molecule is CC1=C(CC[C@@H](C)CO)O[C@H]2C[C@H]3C4=CC=C5C[C@@H](O)C[C@H](O)[C@]5(C)[C@H]4CC[C@]3(C)[C@@H]12. The maximum Gasteiger partial charge on any atom is 0.106 e. The molecule has 0 aromatic heterocycles. The van der Waals surface area contributed by atoms with Crippen LogP contribution in [0.25, 0.3) is 0 Å². The third kappa shape index (κ3) is 3.04. The summed E-state index contributed by atoms with van der Waals surface area (Å²) in [4.78, 5) is 0. The molecule has 0 unspecified atom stereocenters. The van der Waals surface area contributed by atoms with Crippen LogP contribution in [-0.4, -0.2) is 40.2 Å². The third-order valence-electron chi connectivity index (χ3n) is 10.0. The van der Waals surface area contributed by atoms with Gasteiger partial charge in [-0.2, -0.15) is 0 Å². The van der Waals surface area contributed by atoms with Crippen LogP contribution in [-0.2, 0) is 4.74 Å². The van der Waals surface area contributed by atoms with Crippen molar-refractivity contribution in [3.63, 3.8) is 0 Å². The van der Waals surface area contributed by atoms with E-state index < -0.39 is 12.2 Å². The van der Waals surface area contributed by atoms with E-state index in [1.807, 2.05) is 0 Å². The van der Waals surface area contributed by atoms with Gasteiger partial charge in [0.2, 0.25) is 0 Å². The van der Waals surface area contributed by atoms with Gasteiger partial charge in [0, 0.05) is 30.8 Å². The maximum atomic E-state index is 11.1. The molecule has 0 saturated heterocycles. The standard InChI is InChI=1S/C27H40O4/c1-15(14-28)5-8-22-16(2)25-23(31-22)13-21-19-7-6-17-11-18(29)12-24(30)27(17,4)20(19)9-10-26(21,25)3/h6-7,15,18,20-21,23-25,28-30H,5,8-14H2,1-4H3/t15-,18-,20+,21+,23+,24+,25+,26+,27+/m1/s1. The molecular formula is C27H40O4. The lowest BCUT2D eigenvalue weighted by Crippen LogP contribution is -2.52. The molecule has 0 aromatic rings. The van der Waals surface area contributed by atoms with E-state index in [0.717, 1.165) is 25.7 Å². The molecule has 172 valence electrons. The Kier molecular flexibility index (Phi) is 5.23. The van der Waals surface area contributed by atoms with Crippen LogP contribution < -0.4 is 0 Å². The summed E-state index contributed by atoms with van der Waals surface area (Å²) in [7, 11) is 0. The minimum absolute atomic E-state index is 0.211. The monoisotopic (exact) mass is 428 g/mol. The van der Waals surface area contributed by atoms with E-state index in [0.29, 0.717) is 36.5 Å². The number of fused-ring (bicyclic) bond motifs is 7. The minimum Gasteiger partial charge on any atom is -0.494 e. The van der Waals surface area contributed by atoms with Gasteiger partial charge >= 0.3 is 0 Å². The highest BCUT2D eigenvalue weighted by atomic mass is 16.5. The van der Waals surface area contributed by atoms with Crippen molar-refractivity contribution in [3.8, 4) is 0 Å². The lowest BCUT2D eigenvalue weighted by molar-refractivity contribution is -0.0519. The van der Waals surface area contributed by atoms with E-state index in [-0.39, 0.29) is 23.5 Å².